The van der Waals surface area contributed by atoms with Crippen LogP contribution in [0.15, 0.2) is 42.1 Å². The van der Waals surface area contributed by atoms with E-state index in [2.05, 4.69) is 35.6 Å². The molecule has 0 unspecified atom stereocenters. The largest absolute Gasteiger partial charge is 0.281 e. The second kappa shape index (κ2) is 2.99. The number of hydrogen-bond donors (Lipinski definition) is 1. The van der Waals surface area contributed by atoms with Crippen LogP contribution in [0.5, 0.6) is 0 Å². The van der Waals surface area contributed by atoms with E-state index in [0.717, 1.165) is 6.54 Å². The van der Waals surface area contributed by atoms with Crippen molar-refractivity contribution >= 4 is 5.69 Å². The lowest BCUT2D eigenvalue weighted by Crippen LogP contribution is -2.30. The normalized spacial score (nSPS) is 16.4. The van der Waals surface area contributed by atoms with Gasteiger partial charge in [0.15, 0.2) is 0 Å². The molecule has 1 aromatic rings. The summed E-state index contributed by atoms with van der Waals surface area (Å²) in [7, 11) is 0. The maximum absolute atomic E-state index is 3.26. The first-order valence-electron chi connectivity index (χ1n) is 4.13. The van der Waals surface area contributed by atoms with Crippen molar-refractivity contribution in [3.8, 4) is 0 Å². The number of hydrogen-bond acceptors (Lipinski definition) is 2. The van der Waals surface area contributed by atoms with Crippen molar-refractivity contribution in [1.82, 2.24) is 5.43 Å². The van der Waals surface area contributed by atoms with Crippen molar-refractivity contribution < 1.29 is 0 Å². The lowest BCUT2D eigenvalue weighted by Gasteiger charge is -2.19. The van der Waals surface area contributed by atoms with Gasteiger partial charge in [-0.3, -0.25) is 5.01 Å². The third kappa shape index (κ3) is 1.21. The third-order valence-electron chi connectivity index (χ3n) is 2.01. The molecule has 1 aliphatic heterocycles. The summed E-state index contributed by atoms with van der Waals surface area (Å²) in [5, 5.41) is 2.10. The van der Waals surface area contributed by atoms with Gasteiger partial charge in [-0.05, 0) is 25.1 Å². The predicted octanol–water partition coefficient (Wildman–Crippen LogP) is 1.91. The van der Waals surface area contributed by atoms with E-state index in [1.54, 1.807) is 0 Å². The van der Waals surface area contributed by atoms with Crippen LogP contribution in [0.2, 0.25) is 0 Å². The number of allylic oxidation sites excluding steroid dienone is 1. The highest BCUT2D eigenvalue weighted by molar-refractivity contribution is 5.51. The quantitative estimate of drug-likeness (QED) is 0.675. The summed E-state index contributed by atoms with van der Waals surface area (Å²) in [5.74, 6) is 0. The topological polar surface area (TPSA) is 15.3 Å². The average molecular weight is 160 g/mol. The molecule has 0 amide bonds. The van der Waals surface area contributed by atoms with Gasteiger partial charge in [0, 0.05) is 12.2 Å². The number of nitrogens with one attached hydrogen (secondary N) is 1. The molecule has 1 aromatic carbocycles. The van der Waals surface area contributed by atoms with E-state index in [9.17, 15) is 0 Å². The van der Waals surface area contributed by atoms with Gasteiger partial charge in [0.25, 0.3) is 0 Å². The van der Waals surface area contributed by atoms with Gasteiger partial charge in [0.05, 0.1) is 5.69 Å². The number of nitrogens with zero attached hydrogens (tertiary/aromatic N) is 1. The lowest BCUT2D eigenvalue weighted by molar-refractivity contribution is 0.792. The number of benzene rings is 1. The number of para-hydroxylation sites is 1. The molecule has 1 aliphatic rings. The first-order valence-corrected chi connectivity index (χ1v) is 4.13. The minimum absolute atomic E-state index is 0.931. The minimum atomic E-state index is 0.931. The van der Waals surface area contributed by atoms with Crippen molar-refractivity contribution in [1.29, 1.82) is 0 Å². The first-order chi connectivity index (χ1) is 5.88. The van der Waals surface area contributed by atoms with Crippen molar-refractivity contribution in [2.75, 3.05) is 11.6 Å². The molecule has 2 heteroatoms. The number of hydrazine groups is 1. The van der Waals surface area contributed by atoms with E-state index >= 15 is 0 Å². The fourth-order valence-electron chi connectivity index (χ4n) is 1.37. The maximum atomic E-state index is 3.26. The predicted molar refractivity (Wildman–Crippen MR) is 50.7 cm³/mol. The molecule has 2 nitrogen and oxygen atoms in total. The monoisotopic (exact) mass is 160 g/mol. The van der Waals surface area contributed by atoms with Crippen LogP contribution in [0.1, 0.15) is 6.92 Å². The molecule has 0 aliphatic carbocycles. The van der Waals surface area contributed by atoms with Gasteiger partial charge in [-0.1, -0.05) is 18.2 Å². The van der Waals surface area contributed by atoms with Crippen LogP contribution in [0.4, 0.5) is 5.69 Å². The molecule has 0 bridgehead atoms. The van der Waals surface area contributed by atoms with Crippen LogP contribution in [0, 0.1) is 0 Å². The fourth-order valence-corrected chi connectivity index (χ4v) is 1.37. The summed E-state index contributed by atoms with van der Waals surface area (Å²) < 4.78 is 0. The Balaban J connectivity index is 2.27. The van der Waals surface area contributed by atoms with E-state index in [4.69, 9.17) is 0 Å². The molecular weight excluding hydrogens is 148 g/mol. The second-order valence-electron chi connectivity index (χ2n) is 2.88. The molecule has 2 rings (SSSR count). The molecule has 0 saturated carbocycles. The number of rotatable bonds is 1. The Hall–Kier alpha value is -1.28. The van der Waals surface area contributed by atoms with Crippen LogP contribution in [-0.4, -0.2) is 6.54 Å². The molecule has 1 N–H and O–H groups in total. The Morgan fingerprint density at radius 1 is 1.25 bits per heavy atom. The highest BCUT2D eigenvalue weighted by atomic mass is 15.5. The molecular formula is C10H12N2. The van der Waals surface area contributed by atoms with Gasteiger partial charge < -0.3 is 0 Å². The van der Waals surface area contributed by atoms with Gasteiger partial charge in [0.1, 0.15) is 0 Å². The van der Waals surface area contributed by atoms with Crippen molar-refractivity contribution in [3.63, 3.8) is 0 Å². The molecule has 12 heavy (non-hydrogen) atoms. The Bertz CT molecular complexity index is 290. The van der Waals surface area contributed by atoms with Crippen LogP contribution in [0.3, 0.4) is 0 Å². The summed E-state index contributed by atoms with van der Waals surface area (Å²) in [6, 6.07) is 10.3. The standard InChI is InChI=1S/C10H12N2/c1-9-7-8-11-12(9)10-5-3-2-4-6-10/h2-7,11H,8H2,1H3. The van der Waals surface area contributed by atoms with Crippen molar-refractivity contribution in [3.05, 3.63) is 42.1 Å². The Morgan fingerprint density at radius 3 is 2.58 bits per heavy atom. The average Bonchev–Trinajstić information content (AvgIpc) is 2.53. The molecule has 0 atom stereocenters. The summed E-state index contributed by atoms with van der Waals surface area (Å²) in [4.78, 5) is 0. The van der Waals surface area contributed by atoms with Crippen LogP contribution < -0.4 is 10.4 Å². The van der Waals surface area contributed by atoms with Crippen molar-refractivity contribution in [2.24, 2.45) is 0 Å². The Kier molecular flexibility index (Phi) is 1.84. The van der Waals surface area contributed by atoms with E-state index in [1.807, 2.05) is 18.2 Å². The zero-order chi connectivity index (χ0) is 8.39. The Labute approximate surface area is 72.5 Å². The number of anilines is 1. The van der Waals surface area contributed by atoms with Gasteiger partial charge >= 0.3 is 0 Å². The van der Waals surface area contributed by atoms with Gasteiger partial charge in [-0.15, -0.1) is 0 Å². The van der Waals surface area contributed by atoms with Crippen molar-refractivity contribution in [2.45, 2.75) is 6.92 Å². The van der Waals surface area contributed by atoms with E-state index in [-0.39, 0.29) is 0 Å². The maximum Gasteiger partial charge on any atom is 0.0573 e. The SMILES string of the molecule is CC1=CCNN1c1ccccc1. The summed E-state index contributed by atoms with van der Waals surface area (Å²) in [6.45, 7) is 3.04. The Morgan fingerprint density at radius 2 is 2.00 bits per heavy atom. The van der Waals surface area contributed by atoms with E-state index in [1.165, 1.54) is 11.4 Å². The second-order valence-corrected chi connectivity index (χ2v) is 2.88. The summed E-state index contributed by atoms with van der Waals surface area (Å²) >= 11 is 0. The summed E-state index contributed by atoms with van der Waals surface area (Å²) in [5.41, 5.74) is 5.73. The highest BCUT2D eigenvalue weighted by Gasteiger charge is 2.10. The smallest absolute Gasteiger partial charge is 0.0573 e. The van der Waals surface area contributed by atoms with Crippen LogP contribution in [-0.2, 0) is 0 Å². The van der Waals surface area contributed by atoms with E-state index < -0.39 is 0 Å². The lowest BCUT2D eigenvalue weighted by atomic mass is 10.3. The molecule has 0 aromatic heterocycles. The fraction of sp³-hybridized carbons (Fsp3) is 0.200. The van der Waals surface area contributed by atoms with Crippen LogP contribution in [0.25, 0.3) is 0 Å². The zero-order valence-electron chi connectivity index (χ0n) is 7.12. The zero-order valence-corrected chi connectivity index (χ0v) is 7.12. The molecule has 1 heterocycles. The molecule has 0 radical (unpaired) electrons. The minimum Gasteiger partial charge on any atom is -0.281 e. The summed E-state index contributed by atoms with van der Waals surface area (Å²) in [6.07, 6.45) is 2.17. The first kappa shape index (κ1) is 7.37. The molecule has 0 fully saturated rings. The highest BCUT2D eigenvalue weighted by Crippen LogP contribution is 2.18. The van der Waals surface area contributed by atoms with Crippen LogP contribution >= 0.6 is 0 Å². The third-order valence-corrected chi connectivity index (χ3v) is 2.01. The van der Waals surface area contributed by atoms with E-state index in [0.29, 0.717) is 0 Å². The molecule has 62 valence electrons. The molecule has 0 spiro atoms. The van der Waals surface area contributed by atoms with Gasteiger partial charge in [-0.25, -0.2) is 5.43 Å². The van der Waals surface area contributed by atoms with Gasteiger partial charge in [0.2, 0.25) is 0 Å². The van der Waals surface area contributed by atoms with Gasteiger partial charge in [-0.2, -0.15) is 0 Å². The molecule has 0 saturated heterocycles.